The molecule has 0 atom stereocenters. The summed E-state index contributed by atoms with van der Waals surface area (Å²) < 4.78 is 18.6. The molecule has 210 valence electrons. The van der Waals surface area contributed by atoms with Crippen LogP contribution in [0.15, 0.2) is 100 Å². The van der Waals surface area contributed by atoms with Crippen molar-refractivity contribution in [2.24, 2.45) is 4.99 Å². The molecule has 5 rings (SSSR count). The Morgan fingerprint density at radius 1 is 1.02 bits per heavy atom. The Balaban J connectivity index is 1.41. The minimum Gasteiger partial charge on any atom is -0.506 e. The zero-order valence-corrected chi connectivity index (χ0v) is 24.1. The number of aliphatic hydroxyl groups is 1. The third-order valence-electron chi connectivity index (χ3n) is 6.61. The van der Waals surface area contributed by atoms with E-state index < -0.39 is 5.97 Å². The molecule has 0 saturated carbocycles. The quantitative estimate of drug-likeness (QED) is 0.157. The molecule has 4 aromatic rings. The Bertz CT molecular complexity index is 1630. The van der Waals surface area contributed by atoms with Crippen LogP contribution in [0.4, 0.5) is 5.69 Å². The van der Waals surface area contributed by atoms with Crippen LogP contribution >= 0.6 is 11.8 Å². The SMILES string of the molecule is CCOC(=O)C1=C(O)/C(=C/c2cn(CCCOc3ccc(C)cc3)c3ccccc23)SC1=Nc1ccc(OC)cc1. The fraction of sp³-hybridized carbons (Fsp3) is 0.212. The zero-order chi connectivity index (χ0) is 28.8. The highest BCUT2D eigenvalue weighted by Gasteiger charge is 2.33. The number of aliphatic hydroxyl groups excluding tert-OH is 1. The minimum atomic E-state index is -0.607. The summed E-state index contributed by atoms with van der Waals surface area (Å²) in [5, 5.41) is 12.6. The number of rotatable bonds is 10. The smallest absolute Gasteiger partial charge is 0.344 e. The van der Waals surface area contributed by atoms with Crippen molar-refractivity contribution in [3.8, 4) is 11.5 Å². The van der Waals surface area contributed by atoms with Crippen molar-refractivity contribution >= 4 is 45.4 Å². The van der Waals surface area contributed by atoms with Crippen molar-refractivity contribution in [2.45, 2.75) is 26.8 Å². The summed E-state index contributed by atoms with van der Waals surface area (Å²) in [6.07, 6.45) is 4.80. The number of methoxy groups -OCH3 is 1. The molecule has 0 bridgehead atoms. The summed E-state index contributed by atoms with van der Waals surface area (Å²) in [4.78, 5) is 18.0. The van der Waals surface area contributed by atoms with Crippen LogP contribution in [0.3, 0.4) is 0 Å². The van der Waals surface area contributed by atoms with E-state index in [2.05, 4.69) is 34.8 Å². The normalized spacial score (nSPS) is 15.2. The van der Waals surface area contributed by atoms with Crippen LogP contribution in [0.5, 0.6) is 11.5 Å². The molecule has 1 aromatic heterocycles. The Kier molecular flexibility index (Phi) is 8.79. The van der Waals surface area contributed by atoms with E-state index in [0.29, 0.717) is 28.0 Å². The van der Waals surface area contributed by atoms with Gasteiger partial charge in [0.15, 0.2) is 0 Å². The van der Waals surface area contributed by atoms with E-state index in [9.17, 15) is 9.90 Å². The lowest BCUT2D eigenvalue weighted by atomic mass is 10.1. The first-order valence-corrected chi connectivity index (χ1v) is 14.3. The number of esters is 1. The fourth-order valence-electron chi connectivity index (χ4n) is 4.54. The molecule has 1 aliphatic rings. The number of benzene rings is 3. The molecular weight excluding hydrogens is 536 g/mol. The number of ether oxygens (including phenoxy) is 3. The molecule has 0 fully saturated rings. The van der Waals surface area contributed by atoms with Crippen molar-refractivity contribution < 1.29 is 24.1 Å². The number of aromatic nitrogens is 1. The number of aryl methyl sites for hydroxylation is 2. The number of carbonyl (C=O) groups is 1. The average molecular weight is 569 g/mol. The van der Waals surface area contributed by atoms with Gasteiger partial charge in [-0.1, -0.05) is 47.7 Å². The van der Waals surface area contributed by atoms with Gasteiger partial charge in [-0.3, -0.25) is 0 Å². The van der Waals surface area contributed by atoms with Gasteiger partial charge in [-0.15, -0.1) is 0 Å². The maximum Gasteiger partial charge on any atom is 0.344 e. The van der Waals surface area contributed by atoms with Gasteiger partial charge in [-0.25, -0.2) is 9.79 Å². The summed E-state index contributed by atoms with van der Waals surface area (Å²) in [6.45, 7) is 5.34. The van der Waals surface area contributed by atoms with E-state index in [0.717, 1.165) is 35.2 Å². The third kappa shape index (κ3) is 6.49. The lowest BCUT2D eigenvalue weighted by molar-refractivity contribution is -0.138. The number of carbonyl (C=O) groups excluding carboxylic acids is 1. The Hall–Kier alpha value is -4.43. The third-order valence-corrected chi connectivity index (χ3v) is 7.63. The standard InChI is InChI=1S/C33H32N2O5S/c1-4-39-33(37)30-31(36)29(41-32(30)34-24-12-16-25(38-3)17-13-24)20-23-21-35(28-9-6-5-8-27(23)28)18-7-19-40-26-14-10-22(2)11-15-26/h5-6,8-17,20-21,36H,4,7,18-19H2,1-3H3/b29-20-,34-32?. The van der Waals surface area contributed by atoms with E-state index in [1.165, 1.54) is 17.3 Å². The summed E-state index contributed by atoms with van der Waals surface area (Å²) in [7, 11) is 1.60. The molecule has 7 nitrogen and oxygen atoms in total. The molecule has 0 radical (unpaired) electrons. The highest BCUT2D eigenvalue weighted by atomic mass is 32.2. The molecule has 8 heteroatoms. The number of aliphatic imine (C=N–C) groups is 1. The Morgan fingerprint density at radius 2 is 1.76 bits per heavy atom. The Labute approximate surface area is 243 Å². The van der Waals surface area contributed by atoms with Crippen LogP contribution in [0.25, 0.3) is 17.0 Å². The predicted octanol–water partition coefficient (Wildman–Crippen LogP) is 7.62. The second-order valence-corrected chi connectivity index (χ2v) is 10.5. The highest BCUT2D eigenvalue weighted by molar-refractivity contribution is 8.18. The van der Waals surface area contributed by atoms with Gasteiger partial charge in [0.05, 0.1) is 30.9 Å². The summed E-state index contributed by atoms with van der Waals surface area (Å²) in [5.74, 6) is 0.826. The summed E-state index contributed by atoms with van der Waals surface area (Å²) in [5.41, 5.74) is 3.92. The van der Waals surface area contributed by atoms with Crippen molar-refractivity contribution in [3.63, 3.8) is 0 Å². The number of fused-ring (bicyclic) bond motifs is 1. The lowest BCUT2D eigenvalue weighted by Crippen LogP contribution is -2.12. The molecule has 2 heterocycles. The molecule has 1 aliphatic heterocycles. The van der Waals surface area contributed by atoms with Crippen LogP contribution in [-0.4, -0.2) is 41.0 Å². The topological polar surface area (TPSA) is 82.3 Å². The van der Waals surface area contributed by atoms with Gasteiger partial charge < -0.3 is 23.9 Å². The van der Waals surface area contributed by atoms with Crippen LogP contribution in [0.2, 0.25) is 0 Å². The van der Waals surface area contributed by atoms with Crippen LogP contribution in [0, 0.1) is 6.92 Å². The van der Waals surface area contributed by atoms with E-state index in [1.54, 1.807) is 38.3 Å². The summed E-state index contributed by atoms with van der Waals surface area (Å²) >= 11 is 1.24. The van der Waals surface area contributed by atoms with E-state index in [1.807, 2.05) is 42.5 Å². The maximum absolute atomic E-state index is 12.8. The molecule has 3 aromatic carbocycles. The van der Waals surface area contributed by atoms with Crippen molar-refractivity contribution in [2.75, 3.05) is 20.3 Å². The van der Waals surface area contributed by atoms with Crippen molar-refractivity contribution in [3.05, 3.63) is 106 Å². The average Bonchev–Trinajstić information content (AvgIpc) is 3.49. The Morgan fingerprint density at radius 3 is 2.49 bits per heavy atom. The second kappa shape index (κ2) is 12.8. The van der Waals surface area contributed by atoms with E-state index in [4.69, 9.17) is 14.2 Å². The molecule has 1 N–H and O–H groups in total. The van der Waals surface area contributed by atoms with Gasteiger partial charge in [0.2, 0.25) is 0 Å². The van der Waals surface area contributed by atoms with Gasteiger partial charge in [0, 0.05) is 29.2 Å². The van der Waals surface area contributed by atoms with Gasteiger partial charge in [-0.05, 0) is 68.8 Å². The lowest BCUT2D eigenvalue weighted by Gasteiger charge is -2.08. The summed E-state index contributed by atoms with van der Waals surface area (Å²) in [6, 6.07) is 23.4. The van der Waals surface area contributed by atoms with Gasteiger partial charge in [0.25, 0.3) is 0 Å². The van der Waals surface area contributed by atoms with Crippen molar-refractivity contribution in [1.29, 1.82) is 0 Å². The van der Waals surface area contributed by atoms with Gasteiger partial charge in [0.1, 0.15) is 27.9 Å². The molecular formula is C33H32N2O5S. The maximum atomic E-state index is 12.8. The molecule has 0 spiro atoms. The fourth-order valence-corrected chi connectivity index (χ4v) is 5.57. The number of thioether (sulfide) groups is 1. The first kappa shape index (κ1) is 28.1. The number of nitrogens with zero attached hydrogens (tertiary/aromatic N) is 2. The molecule has 0 amide bonds. The van der Waals surface area contributed by atoms with Gasteiger partial charge >= 0.3 is 5.97 Å². The molecule has 41 heavy (non-hydrogen) atoms. The predicted molar refractivity (Wildman–Crippen MR) is 165 cm³/mol. The van der Waals surface area contributed by atoms with Gasteiger partial charge in [-0.2, -0.15) is 0 Å². The number of hydrogen-bond acceptors (Lipinski definition) is 7. The zero-order valence-electron chi connectivity index (χ0n) is 23.3. The number of hydrogen-bond donors (Lipinski definition) is 1. The van der Waals surface area contributed by atoms with Crippen LogP contribution < -0.4 is 9.47 Å². The van der Waals surface area contributed by atoms with Crippen LogP contribution in [0.1, 0.15) is 24.5 Å². The highest BCUT2D eigenvalue weighted by Crippen LogP contribution is 2.41. The monoisotopic (exact) mass is 568 g/mol. The van der Waals surface area contributed by atoms with Crippen molar-refractivity contribution in [1.82, 2.24) is 4.57 Å². The molecule has 0 aliphatic carbocycles. The molecule has 0 unspecified atom stereocenters. The first-order chi connectivity index (χ1) is 20.0. The van der Waals surface area contributed by atoms with E-state index >= 15 is 0 Å². The number of para-hydroxylation sites is 1. The largest absolute Gasteiger partial charge is 0.506 e. The van der Waals surface area contributed by atoms with Crippen LogP contribution in [-0.2, 0) is 16.1 Å². The second-order valence-electron chi connectivity index (χ2n) is 9.48. The first-order valence-electron chi connectivity index (χ1n) is 13.5. The molecule has 0 saturated heterocycles. The minimum absolute atomic E-state index is 0.0657. The van der Waals surface area contributed by atoms with E-state index in [-0.39, 0.29) is 17.9 Å².